The van der Waals surface area contributed by atoms with Crippen molar-refractivity contribution >= 4 is 62.4 Å². The van der Waals surface area contributed by atoms with Gasteiger partial charge in [0.15, 0.2) is 10.0 Å². The maximum atomic E-state index is 11.7. The maximum absolute atomic E-state index is 11.7. The van der Waals surface area contributed by atoms with Crippen LogP contribution in [0, 0.1) is 12.3 Å². The number of carboxylic acids is 1. The Morgan fingerprint density at radius 1 is 1.11 bits per heavy atom. The Bertz CT molecular complexity index is 1620. The lowest BCUT2D eigenvalue weighted by Crippen LogP contribution is -2.04. The second kappa shape index (κ2) is 9.81. The Balaban J connectivity index is 1.63. The molecular formula is C27H21ClN4O2S2. The lowest BCUT2D eigenvalue weighted by atomic mass is 9.93. The molecule has 0 aliphatic rings. The Kier molecular flexibility index (Phi) is 6.57. The van der Waals surface area contributed by atoms with Crippen LogP contribution in [-0.4, -0.2) is 34.3 Å². The molecule has 0 amide bonds. The number of fused-ring (bicyclic) bond motifs is 1. The molecule has 0 fully saturated rings. The summed E-state index contributed by atoms with van der Waals surface area (Å²) in [6.45, 7) is 1.92. The fourth-order valence-electron chi connectivity index (χ4n) is 4.20. The van der Waals surface area contributed by atoms with Crippen molar-refractivity contribution in [3.63, 3.8) is 0 Å². The number of carbonyl (C=O) groups is 1. The van der Waals surface area contributed by atoms with E-state index in [1.807, 2.05) is 67.9 Å². The fraction of sp³-hybridized carbons (Fsp3) is 0.111. The minimum absolute atomic E-state index is 0.0771. The van der Waals surface area contributed by atoms with E-state index in [2.05, 4.69) is 5.32 Å². The average molecular weight is 533 g/mol. The van der Waals surface area contributed by atoms with E-state index in [-0.39, 0.29) is 6.42 Å². The van der Waals surface area contributed by atoms with Gasteiger partial charge in [-0.3, -0.25) is 4.79 Å². The molecule has 2 aromatic heterocycles. The third kappa shape index (κ3) is 4.51. The summed E-state index contributed by atoms with van der Waals surface area (Å²) in [6.07, 6.45) is 1.25. The van der Waals surface area contributed by atoms with Crippen LogP contribution in [0.2, 0.25) is 5.02 Å². The number of aryl methyl sites for hydroxylation is 1. The topological polar surface area (TPSA) is 99.0 Å². The van der Waals surface area contributed by atoms with Crippen molar-refractivity contribution in [2.75, 3.05) is 12.4 Å². The summed E-state index contributed by atoms with van der Waals surface area (Å²) in [6, 6.07) is 15.3. The number of benzene rings is 3. The molecule has 0 aliphatic heterocycles. The number of hydrogen-bond acceptors (Lipinski definition) is 7. The highest BCUT2D eigenvalue weighted by Gasteiger charge is 2.20. The van der Waals surface area contributed by atoms with Gasteiger partial charge in [0.25, 0.3) is 0 Å². The molecule has 2 heterocycles. The first-order chi connectivity index (χ1) is 17.4. The summed E-state index contributed by atoms with van der Waals surface area (Å²) in [5.74, 6) is -0.879. The normalized spacial score (nSPS) is 11.1. The maximum Gasteiger partial charge on any atom is 0.307 e. The third-order valence-electron chi connectivity index (χ3n) is 5.93. The van der Waals surface area contributed by atoms with E-state index in [9.17, 15) is 9.90 Å². The molecular weight excluding hydrogens is 512 g/mol. The van der Waals surface area contributed by atoms with Crippen LogP contribution >= 0.6 is 34.3 Å². The van der Waals surface area contributed by atoms with Crippen LogP contribution in [0.1, 0.15) is 16.7 Å². The highest BCUT2D eigenvalue weighted by molar-refractivity contribution is 7.25. The van der Waals surface area contributed by atoms with Gasteiger partial charge in [0, 0.05) is 46.0 Å². The predicted molar refractivity (Wildman–Crippen MR) is 150 cm³/mol. The summed E-state index contributed by atoms with van der Waals surface area (Å²) in [4.78, 5) is 21.4. The van der Waals surface area contributed by atoms with Crippen LogP contribution in [0.5, 0.6) is 0 Å². The van der Waals surface area contributed by atoms with Crippen LogP contribution < -0.4 is 5.32 Å². The minimum Gasteiger partial charge on any atom is -0.481 e. The Morgan fingerprint density at radius 2 is 1.86 bits per heavy atom. The zero-order valence-corrected chi connectivity index (χ0v) is 21.8. The zero-order chi connectivity index (χ0) is 25.4. The van der Waals surface area contributed by atoms with Crippen LogP contribution in [0.3, 0.4) is 0 Å². The molecule has 0 bridgehead atoms. The molecule has 6 nitrogen and oxygen atoms in total. The van der Waals surface area contributed by atoms with Gasteiger partial charge in [-0.25, -0.2) is 9.97 Å². The van der Waals surface area contributed by atoms with E-state index < -0.39 is 5.97 Å². The number of hydrogen-bond donors (Lipinski definition) is 3. The monoisotopic (exact) mass is 532 g/mol. The van der Waals surface area contributed by atoms with Gasteiger partial charge in [0.1, 0.15) is 0 Å². The molecule has 3 aromatic carbocycles. The number of thiazole rings is 2. The average Bonchev–Trinajstić information content (AvgIpc) is 3.52. The van der Waals surface area contributed by atoms with Crippen LogP contribution in [0.4, 0.5) is 5.69 Å². The number of carboxylic acid groups (broad SMARTS) is 1. The summed E-state index contributed by atoms with van der Waals surface area (Å²) < 4.78 is 0.926. The molecule has 36 heavy (non-hydrogen) atoms. The third-order valence-corrected chi connectivity index (χ3v) is 8.26. The number of nitrogens with zero attached hydrogens (tertiary/aromatic N) is 2. The van der Waals surface area contributed by atoms with Gasteiger partial charge >= 0.3 is 5.97 Å². The van der Waals surface area contributed by atoms with E-state index in [0.717, 1.165) is 65.0 Å². The Morgan fingerprint density at radius 3 is 2.56 bits per heavy atom. The second-order valence-corrected chi connectivity index (χ2v) is 10.5. The quantitative estimate of drug-likeness (QED) is 0.190. The lowest BCUT2D eigenvalue weighted by Gasteiger charge is -2.13. The molecule has 9 heteroatoms. The van der Waals surface area contributed by atoms with Gasteiger partial charge in [-0.05, 0) is 53.9 Å². The molecule has 0 unspecified atom stereocenters. The SMILES string of the molecule is CNc1ccc(-c2csc(-c3nc4cc(C)c(CC(=O)O)c(-c5ccc(Cl)cc5)c4s3)n2)cc1C=N. The van der Waals surface area contributed by atoms with Gasteiger partial charge in [0.2, 0.25) is 0 Å². The summed E-state index contributed by atoms with van der Waals surface area (Å²) in [5.41, 5.74) is 7.68. The first-order valence-corrected chi connectivity index (χ1v) is 13.1. The number of aliphatic carboxylic acids is 1. The zero-order valence-electron chi connectivity index (χ0n) is 19.4. The van der Waals surface area contributed by atoms with Crippen molar-refractivity contribution in [1.82, 2.24) is 9.97 Å². The number of nitrogens with one attached hydrogen (secondary N) is 2. The Labute approximate surface area is 220 Å². The molecule has 0 atom stereocenters. The minimum atomic E-state index is -0.879. The number of halogens is 1. The Hall–Kier alpha value is -3.59. The van der Waals surface area contributed by atoms with Crippen LogP contribution in [0.25, 0.3) is 42.6 Å². The lowest BCUT2D eigenvalue weighted by molar-refractivity contribution is -0.136. The summed E-state index contributed by atoms with van der Waals surface area (Å²) in [7, 11) is 1.83. The van der Waals surface area contributed by atoms with Gasteiger partial charge in [-0.1, -0.05) is 29.8 Å². The molecule has 5 rings (SSSR count). The first-order valence-electron chi connectivity index (χ1n) is 11.1. The van der Waals surface area contributed by atoms with Crippen molar-refractivity contribution < 1.29 is 9.90 Å². The highest BCUT2D eigenvalue weighted by Crippen LogP contribution is 2.42. The van der Waals surface area contributed by atoms with Gasteiger partial charge in [0.05, 0.1) is 22.3 Å². The van der Waals surface area contributed by atoms with Crippen molar-refractivity contribution in [3.05, 3.63) is 75.6 Å². The van der Waals surface area contributed by atoms with Crippen molar-refractivity contribution in [3.8, 4) is 32.4 Å². The summed E-state index contributed by atoms with van der Waals surface area (Å²) in [5, 5.41) is 24.6. The van der Waals surface area contributed by atoms with Crippen molar-refractivity contribution in [2.24, 2.45) is 0 Å². The van der Waals surface area contributed by atoms with Gasteiger partial charge < -0.3 is 15.8 Å². The highest BCUT2D eigenvalue weighted by atomic mass is 35.5. The standard InChI is InChI=1S/C27H21ClN4O2S2/c1-14-9-21-25(24(19(14)11-23(33)34)15-3-6-18(28)7-4-15)36-27(31-21)26-32-22(13-35-26)16-5-8-20(30-2)17(10-16)12-29/h3-10,12-13,29-30H,11H2,1-2H3,(H,33,34). The van der Waals surface area contributed by atoms with Gasteiger partial charge in [-0.2, -0.15) is 0 Å². The summed E-state index contributed by atoms with van der Waals surface area (Å²) >= 11 is 9.14. The molecule has 5 aromatic rings. The van der Waals surface area contributed by atoms with E-state index in [4.69, 9.17) is 27.0 Å². The first kappa shape index (κ1) is 24.1. The predicted octanol–water partition coefficient (Wildman–Crippen LogP) is 7.38. The molecule has 3 N–H and O–H groups in total. The number of aromatic nitrogens is 2. The van der Waals surface area contributed by atoms with Crippen molar-refractivity contribution in [1.29, 1.82) is 5.41 Å². The molecule has 0 saturated heterocycles. The van der Waals surface area contributed by atoms with E-state index in [0.29, 0.717) is 5.02 Å². The smallest absolute Gasteiger partial charge is 0.307 e. The van der Waals surface area contributed by atoms with E-state index in [1.54, 1.807) is 0 Å². The molecule has 0 spiro atoms. The molecule has 0 radical (unpaired) electrons. The van der Waals surface area contributed by atoms with E-state index in [1.165, 1.54) is 28.9 Å². The fourth-order valence-corrected chi connectivity index (χ4v) is 6.33. The largest absolute Gasteiger partial charge is 0.481 e. The molecule has 0 saturated carbocycles. The molecule has 180 valence electrons. The van der Waals surface area contributed by atoms with E-state index >= 15 is 0 Å². The van der Waals surface area contributed by atoms with Crippen molar-refractivity contribution in [2.45, 2.75) is 13.3 Å². The second-order valence-electron chi connectivity index (χ2n) is 8.23. The van der Waals surface area contributed by atoms with Gasteiger partial charge in [-0.15, -0.1) is 22.7 Å². The number of anilines is 1. The van der Waals surface area contributed by atoms with Crippen LogP contribution in [-0.2, 0) is 11.2 Å². The van der Waals surface area contributed by atoms with Crippen LogP contribution in [0.15, 0.2) is 53.9 Å². The molecule has 0 aliphatic carbocycles. The number of rotatable bonds is 7.